The lowest BCUT2D eigenvalue weighted by molar-refractivity contribution is -0.116. The topological polar surface area (TPSA) is 62.7 Å². The molecule has 3 aromatic rings. The summed E-state index contributed by atoms with van der Waals surface area (Å²) in [6.07, 6.45) is 0.318. The number of carbonyl (C=O) groups is 1. The van der Waals surface area contributed by atoms with Gasteiger partial charge in [0.05, 0.1) is 0 Å². The van der Waals surface area contributed by atoms with Crippen LogP contribution in [-0.4, -0.2) is 20.7 Å². The Labute approximate surface area is 164 Å². The molecule has 5 nitrogen and oxygen atoms in total. The molecule has 0 aliphatic heterocycles. The Morgan fingerprint density at radius 2 is 2.00 bits per heavy atom. The molecule has 0 aliphatic rings. The Morgan fingerprint density at radius 3 is 2.74 bits per heavy atom. The van der Waals surface area contributed by atoms with Gasteiger partial charge in [-0.05, 0) is 48.8 Å². The molecule has 0 fully saturated rings. The predicted molar refractivity (Wildman–Crippen MR) is 111 cm³/mol. The third-order valence-electron chi connectivity index (χ3n) is 4.43. The third kappa shape index (κ3) is 4.71. The van der Waals surface area contributed by atoms with Crippen molar-refractivity contribution in [1.82, 2.24) is 14.8 Å². The summed E-state index contributed by atoms with van der Waals surface area (Å²) < 4.78 is 2.38. The molecule has 0 spiro atoms. The highest BCUT2D eigenvalue weighted by atomic mass is 32.1. The second-order valence-electron chi connectivity index (χ2n) is 6.95. The standard InChI is InChI=1S/C21H24N4OS/c1-14(2)16-7-5-9-18(13-16)22-19(26)10-11-25-20(23-24-21(25)27)17-8-4-6-15(3)12-17/h4-9,12-14H,10-11H2,1-3H3,(H,22,26)(H,24,27). The monoisotopic (exact) mass is 380 g/mol. The number of hydrogen-bond donors (Lipinski definition) is 2. The molecule has 27 heavy (non-hydrogen) atoms. The first kappa shape index (κ1) is 19.0. The van der Waals surface area contributed by atoms with Gasteiger partial charge in [0.25, 0.3) is 0 Å². The van der Waals surface area contributed by atoms with Gasteiger partial charge in [-0.15, -0.1) is 0 Å². The fourth-order valence-corrected chi connectivity index (χ4v) is 3.17. The maximum atomic E-state index is 12.4. The van der Waals surface area contributed by atoms with Crippen molar-refractivity contribution in [2.24, 2.45) is 0 Å². The van der Waals surface area contributed by atoms with E-state index >= 15 is 0 Å². The molecule has 6 heteroatoms. The molecular formula is C21H24N4OS. The van der Waals surface area contributed by atoms with Crippen LogP contribution >= 0.6 is 12.2 Å². The van der Waals surface area contributed by atoms with Gasteiger partial charge < -0.3 is 5.32 Å². The number of aryl methyl sites for hydroxylation is 1. The molecule has 2 N–H and O–H groups in total. The average Bonchev–Trinajstić information content (AvgIpc) is 3.01. The Bertz CT molecular complexity index is 1000. The number of aromatic amines is 1. The minimum absolute atomic E-state index is 0.0470. The Morgan fingerprint density at radius 1 is 1.22 bits per heavy atom. The zero-order valence-corrected chi connectivity index (χ0v) is 16.6. The van der Waals surface area contributed by atoms with Crippen molar-refractivity contribution in [3.05, 3.63) is 64.4 Å². The van der Waals surface area contributed by atoms with Crippen LogP contribution in [0.15, 0.2) is 48.5 Å². The van der Waals surface area contributed by atoms with Crippen LogP contribution in [0.3, 0.4) is 0 Å². The lowest BCUT2D eigenvalue weighted by Gasteiger charge is -2.10. The van der Waals surface area contributed by atoms with E-state index in [-0.39, 0.29) is 5.91 Å². The van der Waals surface area contributed by atoms with E-state index in [0.29, 0.717) is 23.7 Å². The highest BCUT2D eigenvalue weighted by molar-refractivity contribution is 7.71. The summed E-state index contributed by atoms with van der Waals surface area (Å²) in [5.74, 6) is 1.12. The maximum Gasteiger partial charge on any atom is 0.226 e. The van der Waals surface area contributed by atoms with Gasteiger partial charge in [0, 0.05) is 24.2 Å². The van der Waals surface area contributed by atoms with Crippen LogP contribution < -0.4 is 5.32 Å². The van der Waals surface area contributed by atoms with Gasteiger partial charge in [-0.2, -0.15) is 5.10 Å². The zero-order chi connectivity index (χ0) is 19.4. The lowest BCUT2D eigenvalue weighted by atomic mass is 10.0. The molecule has 0 aliphatic carbocycles. The van der Waals surface area contributed by atoms with Crippen LogP contribution in [0.5, 0.6) is 0 Å². The number of rotatable bonds is 6. The average molecular weight is 381 g/mol. The van der Waals surface area contributed by atoms with Crippen LogP contribution in [0.1, 0.15) is 37.3 Å². The highest BCUT2D eigenvalue weighted by Crippen LogP contribution is 2.20. The van der Waals surface area contributed by atoms with Crippen molar-refractivity contribution in [3.63, 3.8) is 0 Å². The van der Waals surface area contributed by atoms with E-state index in [4.69, 9.17) is 12.2 Å². The van der Waals surface area contributed by atoms with E-state index in [1.807, 2.05) is 47.9 Å². The Balaban J connectivity index is 1.70. The molecule has 0 unspecified atom stereocenters. The third-order valence-corrected chi connectivity index (χ3v) is 4.75. The van der Waals surface area contributed by atoms with E-state index in [2.05, 4.69) is 41.5 Å². The molecule has 140 valence electrons. The van der Waals surface area contributed by atoms with Gasteiger partial charge >= 0.3 is 0 Å². The van der Waals surface area contributed by atoms with Crippen molar-refractivity contribution >= 4 is 23.8 Å². The molecule has 0 bridgehead atoms. The molecule has 2 aromatic carbocycles. The molecule has 1 aromatic heterocycles. The number of H-pyrrole nitrogens is 1. The summed E-state index contributed by atoms with van der Waals surface area (Å²) in [6.45, 7) is 6.77. The molecule has 0 saturated carbocycles. The largest absolute Gasteiger partial charge is 0.326 e. The fraction of sp³-hybridized carbons (Fsp3) is 0.286. The van der Waals surface area contributed by atoms with Gasteiger partial charge in [-0.1, -0.05) is 49.7 Å². The molecule has 3 rings (SSSR count). The predicted octanol–water partition coefficient (Wildman–Crippen LogP) is 5.07. The fourth-order valence-electron chi connectivity index (χ4n) is 2.94. The smallest absolute Gasteiger partial charge is 0.226 e. The normalized spacial score (nSPS) is 11.0. The lowest BCUT2D eigenvalue weighted by Crippen LogP contribution is -2.15. The summed E-state index contributed by atoms with van der Waals surface area (Å²) in [6, 6.07) is 16.0. The van der Waals surface area contributed by atoms with Crippen molar-refractivity contribution in [2.75, 3.05) is 5.32 Å². The number of nitrogens with zero attached hydrogens (tertiary/aromatic N) is 2. The molecule has 0 atom stereocenters. The van der Waals surface area contributed by atoms with E-state index < -0.39 is 0 Å². The van der Waals surface area contributed by atoms with Gasteiger partial charge in [0.15, 0.2) is 10.6 Å². The number of anilines is 1. The van der Waals surface area contributed by atoms with Crippen LogP contribution in [0, 0.1) is 11.7 Å². The maximum absolute atomic E-state index is 12.4. The van der Waals surface area contributed by atoms with Crippen molar-refractivity contribution < 1.29 is 4.79 Å². The number of amides is 1. The SMILES string of the molecule is Cc1cccc(-c2n[nH]c(=S)n2CCC(=O)Nc2cccc(C(C)C)c2)c1. The first-order valence-corrected chi connectivity index (χ1v) is 9.47. The number of carbonyl (C=O) groups excluding carboxylic acids is 1. The summed E-state index contributed by atoms with van der Waals surface area (Å²) in [7, 11) is 0. The number of hydrogen-bond acceptors (Lipinski definition) is 3. The number of aromatic nitrogens is 3. The summed E-state index contributed by atoms with van der Waals surface area (Å²) in [4.78, 5) is 12.4. The van der Waals surface area contributed by atoms with Gasteiger partial charge in [0.1, 0.15) is 0 Å². The first-order chi connectivity index (χ1) is 12.9. The minimum Gasteiger partial charge on any atom is -0.326 e. The highest BCUT2D eigenvalue weighted by Gasteiger charge is 2.11. The second-order valence-corrected chi connectivity index (χ2v) is 7.34. The van der Waals surface area contributed by atoms with Crippen LogP contribution in [0.25, 0.3) is 11.4 Å². The Kier molecular flexibility index (Phi) is 5.86. The molecular weight excluding hydrogens is 356 g/mol. The van der Waals surface area contributed by atoms with Gasteiger partial charge in [-0.25, -0.2) is 0 Å². The Hall–Kier alpha value is -2.73. The van der Waals surface area contributed by atoms with E-state index in [1.165, 1.54) is 5.56 Å². The van der Waals surface area contributed by atoms with Crippen LogP contribution in [0.2, 0.25) is 0 Å². The van der Waals surface area contributed by atoms with Crippen LogP contribution in [-0.2, 0) is 11.3 Å². The second kappa shape index (κ2) is 8.31. The molecule has 1 heterocycles. The number of benzene rings is 2. The van der Waals surface area contributed by atoms with E-state index in [1.54, 1.807) is 0 Å². The number of nitrogens with one attached hydrogen (secondary N) is 2. The van der Waals surface area contributed by atoms with E-state index in [0.717, 1.165) is 22.6 Å². The summed E-state index contributed by atoms with van der Waals surface area (Å²) >= 11 is 5.35. The van der Waals surface area contributed by atoms with Gasteiger partial charge in [-0.3, -0.25) is 14.5 Å². The summed E-state index contributed by atoms with van der Waals surface area (Å²) in [5.41, 5.74) is 4.15. The molecule has 1 amide bonds. The zero-order valence-electron chi connectivity index (χ0n) is 15.8. The van der Waals surface area contributed by atoms with E-state index in [9.17, 15) is 4.79 Å². The summed E-state index contributed by atoms with van der Waals surface area (Å²) in [5, 5.41) is 10.1. The van der Waals surface area contributed by atoms with Crippen molar-refractivity contribution in [2.45, 2.75) is 39.7 Å². The van der Waals surface area contributed by atoms with Crippen molar-refractivity contribution in [1.29, 1.82) is 0 Å². The minimum atomic E-state index is -0.0470. The molecule has 0 saturated heterocycles. The van der Waals surface area contributed by atoms with Crippen molar-refractivity contribution in [3.8, 4) is 11.4 Å². The quantitative estimate of drug-likeness (QED) is 0.587. The first-order valence-electron chi connectivity index (χ1n) is 9.06. The van der Waals surface area contributed by atoms with Gasteiger partial charge in [0.2, 0.25) is 5.91 Å². The molecule has 0 radical (unpaired) electrons. The van der Waals surface area contributed by atoms with Crippen LogP contribution in [0.4, 0.5) is 5.69 Å².